The van der Waals surface area contributed by atoms with Gasteiger partial charge >= 0.3 is 0 Å². The molecule has 0 aliphatic carbocycles. The van der Waals surface area contributed by atoms with Gasteiger partial charge in [0.15, 0.2) is 0 Å². The van der Waals surface area contributed by atoms with Crippen LogP contribution in [-0.4, -0.2) is 28.4 Å². The molecule has 0 saturated carbocycles. The molecule has 0 saturated heterocycles. The van der Waals surface area contributed by atoms with E-state index in [9.17, 15) is 10.2 Å². The Bertz CT molecular complexity index is 398. The maximum absolute atomic E-state index is 10.4. The Labute approximate surface area is 123 Å². The first kappa shape index (κ1) is 17.2. The average Bonchev–Trinajstić information content (AvgIpc) is 2.37. The molecule has 2 unspecified atom stereocenters. The Morgan fingerprint density at radius 1 is 1.10 bits per heavy atom. The summed E-state index contributed by atoms with van der Waals surface area (Å²) >= 11 is 0. The number of benzene rings is 1. The van der Waals surface area contributed by atoms with Crippen LogP contribution in [0.4, 0.5) is 0 Å². The summed E-state index contributed by atoms with van der Waals surface area (Å²) in [5.74, 6) is 0.636. The Balaban J connectivity index is 2.69. The van der Waals surface area contributed by atoms with Gasteiger partial charge in [-0.3, -0.25) is 0 Å². The molecule has 1 rings (SSSR count). The third-order valence-electron chi connectivity index (χ3n) is 3.45. The van der Waals surface area contributed by atoms with Gasteiger partial charge in [0.1, 0.15) is 0 Å². The molecular formula is C17H29NO2. The van der Waals surface area contributed by atoms with Crippen LogP contribution < -0.4 is 5.32 Å². The fourth-order valence-corrected chi connectivity index (χ4v) is 2.35. The van der Waals surface area contributed by atoms with Crippen molar-refractivity contribution in [1.82, 2.24) is 5.32 Å². The second-order valence-electron chi connectivity index (χ2n) is 6.76. The Hall–Kier alpha value is -0.900. The largest absolute Gasteiger partial charge is 0.394 e. The van der Waals surface area contributed by atoms with E-state index in [1.165, 1.54) is 5.56 Å². The smallest absolute Gasteiger partial charge is 0.0940 e. The van der Waals surface area contributed by atoms with Gasteiger partial charge < -0.3 is 15.5 Å². The zero-order chi connectivity index (χ0) is 15.3. The molecule has 3 N–H and O–H groups in total. The Kier molecular flexibility index (Phi) is 6.18. The summed E-state index contributed by atoms with van der Waals surface area (Å²) in [7, 11) is 0. The van der Waals surface area contributed by atoms with Gasteiger partial charge in [0.05, 0.1) is 12.7 Å². The molecule has 2 atom stereocenters. The van der Waals surface area contributed by atoms with Crippen LogP contribution in [0.1, 0.15) is 51.8 Å². The normalized spacial score (nSPS) is 15.4. The van der Waals surface area contributed by atoms with E-state index in [1.54, 1.807) is 0 Å². The second kappa shape index (κ2) is 7.21. The third kappa shape index (κ3) is 5.23. The topological polar surface area (TPSA) is 52.5 Å². The van der Waals surface area contributed by atoms with Crippen LogP contribution >= 0.6 is 0 Å². The Morgan fingerprint density at radius 2 is 1.65 bits per heavy atom. The van der Waals surface area contributed by atoms with E-state index in [0.29, 0.717) is 5.92 Å². The predicted molar refractivity (Wildman–Crippen MR) is 83.7 cm³/mol. The van der Waals surface area contributed by atoms with Crippen molar-refractivity contribution >= 4 is 0 Å². The van der Waals surface area contributed by atoms with Crippen LogP contribution in [0.2, 0.25) is 0 Å². The molecule has 20 heavy (non-hydrogen) atoms. The monoisotopic (exact) mass is 279 g/mol. The minimum Gasteiger partial charge on any atom is -0.394 e. The molecule has 0 aliphatic heterocycles. The fourth-order valence-electron chi connectivity index (χ4n) is 2.35. The van der Waals surface area contributed by atoms with Gasteiger partial charge in [-0.05, 0) is 44.2 Å². The molecule has 114 valence electrons. The van der Waals surface area contributed by atoms with Gasteiger partial charge in [0.2, 0.25) is 0 Å². The van der Waals surface area contributed by atoms with E-state index in [4.69, 9.17) is 0 Å². The molecule has 1 aromatic carbocycles. The lowest BCUT2D eigenvalue weighted by Crippen LogP contribution is -2.49. The fraction of sp³-hybridized carbons (Fsp3) is 0.647. The molecule has 0 aliphatic rings. The van der Waals surface area contributed by atoms with Crippen molar-refractivity contribution in [1.29, 1.82) is 0 Å². The average molecular weight is 279 g/mol. The molecule has 3 heteroatoms. The van der Waals surface area contributed by atoms with Crippen LogP contribution in [0.15, 0.2) is 24.3 Å². The summed E-state index contributed by atoms with van der Waals surface area (Å²) in [4.78, 5) is 0. The first-order valence-electron chi connectivity index (χ1n) is 7.40. The third-order valence-corrected chi connectivity index (χ3v) is 3.45. The van der Waals surface area contributed by atoms with Gasteiger partial charge in [-0.2, -0.15) is 0 Å². The van der Waals surface area contributed by atoms with Crippen molar-refractivity contribution in [2.24, 2.45) is 5.92 Å². The number of hydrogen-bond acceptors (Lipinski definition) is 3. The molecule has 3 nitrogen and oxygen atoms in total. The molecule has 1 aromatic rings. The Morgan fingerprint density at radius 3 is 2.10 bits per heavy atom. The van der Waals surface area contributed by atoms with Crippen LogP contribution in [-0.2, 0) is 6.42 Å². The quantitative estimate of drug-likeness (QED) is 0.719. The number of nitrogens with one attached hydrogen (secondary N) is 1. The van der Waals surface area contributed by atoms with Gasteiger partial charge in [-0.25, -0.2) is 0 Å². The van der Waals surface area contributed by atoms with Crippen LogP contribution in [0.25, 0.3) is 0 Å². The second-order valence-corrected chi connectivity index (χ2v) is 6.76. The minimum atomic E-state index is -0.575. The first-order valence-corrected chi connectivity index (χ1v) is 7.40. The number of aliphatic hydroxyl groups is 2. The van der Waals surface area contributed by atoms with Gasteiger partial charge in [0, 0.05) is 11.6 Å². The lowest BCUT2D eigenvalue weighted by molar-refractivity contribution is 0.0991. The number of aliphatic hydroxyl groups excluding tert-OH is 2. The molecule has 0 fully saturated rings. The molecule has 0 spiro atoms. The lowest BCUT2D eigenvalue weighted by Gasteiger charge is -2.31. The van der Waals surface area contributed by atoms with Gasteiger partial charge in [-0.1, -0.05) is 38.1 Å². The van der Waals surface area contributed by atoms with Crippen molar-refractivity contribution in [3.05, 3.63) is 35.4 Å². The standard InChI is InChI=1S/C17H29NO2/c1-12(2)10-14-6-8-15(9-7-14)16(20)13(3)18-17(4,5)11-19/h6-9,12-13,16,18-20H,10-11H2,1-5H3. The van der Waals surface area contributed by atoms with E-state index < -0.39 is 11.6 Å². The number of rotatable bonds is 7. The summed E-state index contributed by atoms with van der Waals surface area (Å²) in [6.07, 6.45) is 0.482. The zero-order valence-electron chi connectivity index (χ0n) is 13.4. The highest BCUT2D eigenvalue weighted by Crippen LogP contribution is 2.20. The van der Waals surface area contributed by atoms with Crippen molar-refractivity contribution in [3.63, 3.8) is 0 Å². The highest BCUT2D eigenvalue weighted by Gasteiger charge is 2.24. The molecule has 0 heterocycles. The predicted octanol–water partition coefficient (Wildman–Crippen LogP) is 2.67. The van der Waals surface area contributed by atoms with E-state index >= 15 is 0 Å². The van der Waals surface area contributed by atoms with Crippen LogP contribution in [0.3, 0.4) is 0 Å². The SMILES string of the molecule is CC(C)Cc1ccc(C(O)C(C)NC(C)(C)CO)cc1. The first-order chi connectivity index (χ1) is 9.25. The maximum atomic E-state index is 10.4. The summed E-state index contributed by atoms with van der Waals surface area (Å²) in [5, 5.41) is 22.9. The molecule has 0 bridgehead atoms. The van der Waals surface area contributed by atoms with E-state index in [1.807, 2.05) is 32.9 Å². The summed E-state index contributed by atoms with van der Waals surface area (Å²) < 4.78 is 0. The van der Waals surface area contributed by atoms with Crippen molar-refractivity contribution in [2.75, 3.05) is 6.61 Å². The van der Waals surface area contributed by atoms with E-state index in [-0.39, 0.29) is 12.6 Å². The zero-order valence-corrected chi connectivity index (χ0v) is 13.4. The minimum absolute atomic E-state index is 0.0391. The molecular weight excluding hydrogens is 250 g/mol. The summed E-state index contributed by atoms with van der Waals surface area (Å²) in [6, 6.07) is 8.04. The van der Waals surface area contributed by atoms with Gasteiger partial charge in [0.25, 0.3) is 0 Å². The summed E-state index contributed by atoms with van der Waals surface area (Å²) in [6.45, 7) is 10.2. The van der Waals surface area contributed by atoms with Gasteiger partial charge in [-0.15, -0.1) is 0 Å². The molecule has 0 aromatic heterocycles. The molecule has 0 radical (unpaired) electrons. The highest BCUT2D eigenvalue weighted by molar-refractivity contribution is 5.25. The molecule has 0 amide bonds. The van der Waals surface area contributed by atoms with Crippen LogP contribution in [0.5, 0.6) is 0 Å². The van der Waals surface area contributed by atoms with E-state index in [0.717, 1.165) is 12.0 Å². The van der Waals surface area contributed by atoms with Crippen LogP contribution in [0, 0.1) is 5.92 Å². The highest BCUT2D eigenvalue weighted by atomic mass is 16.3. The number of hydrogen-bond donors (Lipinski definition) is 3. The summed E-state index contributed by atoms with van der Waals surface area (Å²) in [5.41, 5.74) is 1.82. The van der Waals surface area contributed by atoms with Crippen molar-refractivity contribution in [2.45, 2.75) is 58.7 Å². The van der Waals surface area contributed by atoms with E-state index in [2.05, 4.69) is 31.3 Å². The van der Waals surface area contributed by atoms with Crippen molar-refractivity contribution < 1.29 is 10.2 Å². The lowest BCUT2D eigenvalue weighted by atomic mass is 9.96. The van der Waals surface area contributed by atoms with Crippen molar-refractivity contribution in [3.8, 4) is 0 Å². The maximum Gasteiger partial charge on any atom is 0.0940 e.